The van der Waals surface area contributed by atoms with Crippen LogP contribution in [0.3, 0.4) is 0 Å². The van der Waals surface area contributed by atoms with Gasteiger partial charge in [0.05, 0.1) is 23.1 Å². The van der Waals surface area contributed by atoms with Crippen molar-refractivity contribution in [3.8, 4) is 0 Å². The Labute approximate surface area is 272 Å². The predicted octanol–water partition coefficient (Wildman–Crippen LogP) is 8.27. The number of aryl methyl sites for hydroxylation is 1. The smallest absolute Gasteiger partial charge is 0.321 e. The molecule has 6 rings (SSSR count). The van der Waals surface area contributed by atoms with Crippen LogP contribution >= 0.6 is 11.3 Å². The third-order valence-electron chi connectivity index (χ3n) is 10.1. The van der Waals surface area contributed by atoms with Crippen LogP contribution in [-0.4, -0.2) is 51.7 Å². The summed E-state index contributed by atoms with van der Waals surface area (Å²) in [5.74, 6) is -0.0892. The number of amides is 2. The molecule has 240 valence electrons. The number of hydrogen-bond acceptors (Lipinski definition) is 5. The van der Waals surface area contributed by atoms with E-state index >= 15 is 0 Å². The number of nitrogens with zero attached hydrogens (tertiary/aromatic N) is 1. The van der Waals surface area contributed by atoms with E-state index in [9.17, 15) is 19.8 Å². The number of aliphatic hydroxyl groups excluding tert-OH is 1. The van der Waals surface area contributed by atoms with E-state index in [1.54, 1.807) is 4.90 Å². The predicted molar refractivity (Wildman–Crippen MR) is 183 cm³/mol. The van der Waals surface area contributed by atoms with Gasteiger partial charge in [-0.25, -0.2) is 4.79 Å². The minimum absolute atomic E-state index is 0.00471. The third-order valence-corrected chi connectivity index (χ3v) is 11.1. The molecule has 0 spiro atoms. The van der Waals surface area contributed by atoms with Crippen LogP contribution in [0.4, 0.5) is 10.5 Å². The number of nitrogens with one attached hydrogen (secondary N) is 1. The number of rotatable bonds is 7. The molecule has 1 saturated carbocycles. The van der Waals surface area contributed by atoms with Crippen LogP contribution in [0.1, 0.15) is 103 Å². The van der Waals surface area contributed by atoms with Gasteiger partial charge >= 0.3 is 6.03 Å². The van der Waals surface area contributed by atoms with Gasteiger partial charge in [0.1, 0.15) is 0 Å². The summed E-state index contributed by atoms with van der Waals surface area (Å²) in [5, 5.41) is 26.6. The Bertz CT molecular complexity index is 1530. The number of fused-ring (bicyclic) bond motifs is 8. The molecule has 1 heterocycles. The molecule has 0 unspecified atom stereocenters. The first-order valence-electron chi connectivity index (χ1n) is 16.4. The molecular formula is C38H48N2O4S. The van der Waals surface area contributed by atoms with Crippen molar-refractivity contribution in [3.63, 3.8) is 0 Å². The molecule has 0 aliphatic heterocycles. The molecule has 0 saturated heterocycles. The zero-order chi connectivity index (χ0) is 32.2. The van der Waals surface area contributed by atoms with Gasteiger partial charge in [-0.2, -0.15) is 0 Å². The Morgan fingerprint density at radius 2 is 1.82 bits per heavy atom. The van der Waals surface area contributed by atoms with Crippen LogP contribution in [-0.2, 0) is 6.42 Å². The van der Waals surface area contributed by atoms with Crippen molar-refractivity contribution in [3.05, 3.63) is 98.8 Å². The Morgan fingerprint density at radius 3 is 2.53 bits per heavy atom. The van der Waals surface area contributed by atoms with E-state index < -0.39 is 17.1 Å². The second kappa shape index (κ2) is 14.0. The number of thiophene rings is 1. The Morgan fingerprint density at radius 1 is 1.04 bits per heavy atom. The summed E-state index contributed by atoms with van der Waals surface area (Å²) in [6.45, 7) is 9.08. The summed E-state index contributed by atoms with van der Waals surface area (Å²) < 4.78 is 0. The minimum atomic E-state index is -1.16. The van der Waals surface area contributed by atoms with Gasteiger partial charge < -0.3 is 20.4 Å². The highest BCUT2D eigenvalue weighted by molar-refractivity contribution is 7.14. The van der Waals surface area contributed by atoms with E-state index in [0.29, 0.717) is 49.1 Å². The van der Waals surface area contributed by atoms with E-state index in [4.69, 9.17) is 0 Å². The first-order valence-corrected chi connectivity index (χ1v) is 17.3. The van der Waals surface area contributed by atoms with Crippen molar-refractivity contribution in [2.75, 3.05) is 18.4 Å². The Balaban J connectivity index is 1.56. The van der Waals surface area contributed by atoms with Crippen LogP contribution in [0.2, 0.25) is 0 Å². The van der Waals surface area contributed by atoms with Crippen molar-refractivity contribution in [1.29, 1.82) is 0 Å². The summed E-state index contributed by atoms with van der Waals surface area (Å²) in [7, 11) is 0. The number of carbonyl (C=O) groups excluding carboxylic acids is 2. The number of anilines is 1. The lowest BCUT2D eigenvalue weighted by Crippen LogP contribution is -2.54. The molecule has 1 fully saturated rings. The molecule has 2 bridgehead atoms. The second-order valence-electron chi connectivity index (χ2n) is 13.4. The van der Waals surface area contributed by atoms with E-state index in [-0.39, 0.29) is 24.3 Å². The average molecular weight is 629 g/mol. The normalized spacial score (nSPS) is 25.2. The average Bonchev–Trinajstić information content (AvgIpc) is 3.56. The fourth-order valence-electron chi connectivity index (χ4n) is 7.45. The molecular weight excluding hydrogens is 580 g/mol. The lowest BCUT2D eigenvalue weighted by atomic mass is 9.64. The van der Waals surface area contributed by atoms with Crippen LogP contribution < -0.4 is 5.32 Å². The van der Waals surface area contributed by atoms with Crippen LogP contribution in [0, 0.1) is 12.3 Å². The van der Waals surface area contributed by atoms with Gasteiger partial charge in [-0.15, -0.1) is 11.3 Å². The number of hydrogen-bond donors (Lipinski definition) is 3. The summed E-state index contributed by atoms with van der Waals surface area (Å²) >= 11 is 1.50. The summed E-state index contributed by atoms with van der Waals surface area (Å²) in [6, 6.07) is 19.2. The first-order chi connectivity index (χ1) is 21.5. The molecule has 0 radical (unpaired) electrons. The van der Waals surface area contributed by atoms with Crippen LogP contribution in [0.25, 0.3) is 0 Å². The maximum absolute atomic E-state index is 14.1. The van der Waals surface area contributed by atoms with Gasteiger partial charge in [0.2, 0.25) is 5.78 Å². The summed E-state index contributed by atoms with van der Waals surface area (Å²) in [4.78, 5) is 31.2. The highest BCUT2D eigenvalue weighted by atomic mass is 32.1. The van der Waals surface area contributed by atoms with Gasteiger partial charge in [0, 0.05) is 28.1 Å². The number of allylic oxidation sites excluding steroid dienone is 2. The molecule has 3 aliphatic rings. The highest BCUT2D eigenvalue weighted by Gasteiger charge is 2.57. The van der Waals surface area contributed by atoms with E-state index in [1.165, 1.54) is 16.9 Å². The summed E-state index contributed by atoms with van der Waals surface area (Å²) in [6.07, 6.45) is 7.20. The fraction of sp³-hybridized carbons (Fsp3) is 0.474. The van der Waals surface area contributed by atoms with Gasteiger partial charge in [0.25, 0.3) is 0 Å². The molecule has 45 heavy (non-hydrogen) atoms. The largest absolute Gasteiger partial charge is 0.393 e. The molecule has 3 N–H and O–H groups in total. The number of urea groups is 1. The lowest BCUT2D eigenvalue weighted by Gasteiger charge is -2.46. The van der Waals surface area contributed by atoms with Gasteiger partial charge in [-0.1, -0.05) is 55.8 Å². The maximum Gasteiger partial charge on any atom is 0.321 e. The molecule has 2 amide bonds. The van der Waals surface area contributed by atoms with E-state index in [2.05, 4.69) is 37.4 Å². The van der Waals surface area contributed by atoms with Crippen LogP contribution in [0.5, 0.6) is 0 Å². The highest BCUT2D eigenvalue weighted by Crippen LogP contribution is 2.59. The number of ketones is 1. The molecule has 2 aromatic carbocycles. The van der Waals surface area contributed by atoms with Crippen molar-refractivity contribution < 1.29 is 19.8 Å². The third kappa shape index (κ3) is 7.26. The summed E-state index contributed by atoms with van der Waals surface area (Å²) in [5.41, 5.74) is 2.77. The van der Waals surface area contributed by atoms with Gasteiger partial charge in [-0.3, -0.25) is 4.79 Å². The van der Waals surface area contributed by atoms with Crippen molar-refractivity contribution in [2.24, 2.45) is 5.41 Å². The maximum atomic E-state index is 14.1. The molecule has 3 aromatic rings. The minimum Gasteiger partial charge on any atom is -0.393 e. The standard InChI is InChI=1S/C38H48N2O4S/c1-5-22-40(36(43)39-29-11-7-6-8-12-29)25-38(44)21-19-33-31-17-15-28(24-32(31)35(42)34-18-14-27(3)45-34)23-30(41)16-13-26(2)10-9-20-37(33,38)4/h6-8,10-12,14-15,17-18,24,30,33,41,44H,5,9,13,16,19-23,25H2,1-4H3,(H,39,43)/t30-,33-,37-,38+/m0/s1. The van der Waals surface area contributed by atoms with E-state index in [1.807, 2.05) is 62.4 Å². The Kier molecular flexibility index (Phi) is 10.3. The SMILES string of the molecule is CCCN(C[C@]1(O)CC[C@H]2c3ccc(cc3C(=O)c3ccc(C)s3)C[C@@H](O)CCC(C)=CCC[C@@]21C)C(=O)Nc1ccccc1. The number of para-hydroxylation sites is 1. The molecule has 1 aromatic heterocycles. The molecule has 6 nitrogen and oxygen atoms in total. The zero-order valence-corrected chi connectivity index (χ0v) is 28.0. The first kappa shape index (κ1) is 33.1. The van der Waals surface area contributed by atoms with Gasteiger partial charge in [0.15, 0.2) is 0 Å². The molecule has 7 heteroatoms. The lowest BCUT2D eigenvalue weighted by molar-refractivity contribution is -0.0763. The topological polar surface area (TPSA) is 89.9 Å². The van der Waals surface area contributed by atoms with Gasteiger partial charge in [-0.05, 0) is 113 Å². The van der Waals surface area contributed by atoms with Crippen LogP contribution in [0.15, 0.2) is 72.3 Å². The van der Waals surface area contributed by atoms with Crippen molar-refractivity contribution in [2.45, 2.75) is 96.7 Å². The number of benzene rings is 2. The zero-order valence-electron chi connectivity index (χ0n) is 27.1. The number of aliphatic hydroxyl groups is 2. The van der Waals surface area contributed by atoms with Crippen molar-refractivity contribution >= 4 is 28.8 Å². The van der Waals surface area contributed by atoms with Crippen molar-refractivity contribution in [1.82, 2.24) is 4.90 Å². The molecule has 3 aliphatic carbocycles. The van der Waals surface area contributed by atoms with E-state index in [0.717, 1.165) is 41.0 Å². The molecule has 4 atom stereocenters. The monoisotopic (exact) mass is 628 g/mol. The second-order valence-corrected chi connectivity index (χ2v) is 14.7. The fourth-order valence-corrected chi connectivity index (χ4v) is 8.27. The Hall–Kier alpha value is -3.26. The quantitative estimate of drug-likeness (QED) is 0.182. The number of carbonyl (C=O) groups is 2.